The van der Waals surface area contributed by atoms with Gasteiger partial charge in [0.15, 0.2) is 0 Å². The van der Waals surface area contributed by atoms with E-state index in [2.05, 4.69) is 0 Å². The second-order valence-electron chi connectivity index (χ2n) is 3.25. The van der Waals surface area contributed by atoms with Gasteiger partial charge in [0.25, 0.3) is 6.29 Å². The van der Waals surface area contributed by atoms with Crippen molar-refractivity contribution in [3.05, 3.63) is 17.7 Å². The third-order valence-corrected chi connectivity index (χ3v) is 2.40. The maximum absolute atomic E-state index is 11.8. The molecule has 16 heavy (non-hydrogen) atoms. The quantitative estimate of drug-likeness (QED) is 0.773. The maximum Gasteiger partial charge on any atom is 0.264 e. The van der Waals surface area contributed by atoms with Gasteiger partial charge in [0.05, 0.1) is 14.2 Å². The summed E-state index contributed by atoms with van der Waals surface area (Å²) in [6.45, 7) is 0. The van der Waals surface area contributed by atoms with Crippen LogP contribution in [0.15, 0.2) is 12.1 Å². The van der Waals surface area contributed by atoms with Crippen LogP contribution in [-0.2, 0) is 4.74 Å². The molecule has 0 bridgehead atoms. The number of Topliss-reactive ketones (excluding diaryl/α,β-unsaturated/α-hetero) is 1. The molecular weight excluding hydrogens is 212 g/mol. The average Bonchev–Trinajstić information content (AvgIpc) is 2.65. The van der Waals surface area contributed by atoms with E-state index in [1.165, 1.54) is 21.3 Å². The number of ether oxygens (including phenoxy) is 4. The third-order valence-electron chi connectivity index (χ3n) is 2.40. The normalized spacial score (nSPS) is 17.9. The van der Waals surface area contributed by atoms with Gasteiger partial charge < -0.3 is 18.9 Å². The molecule has 1 aliphatic rings. The fraction of sp³-hybridized carbons (Fsp3) is 0.364. The molecule has 0 radical (unpaired) electrons. The summed E-state index contributed by atoms with van der Waals surface area (Å²) in [6, 6.07) is 3.27. The van der Waals surface area contributed by atoms with Crippen molar-refractivity contribution in [3.8, 4) is 17.2 Å². The van der Waals surface area contributed by atoms with Gasteiger partial charge in [0, 0.05) is 19.2 Å². The van der Waals surface area contributed by atoms with Crippen LogP contribution >= 0.6 is 0 Å². The van der Waals surface area contributed by atoms with E-state index in [9.17, 15) is 4.79 Å². The number of hydrogen-bond acceptors (Lipinski definition) is 5. The van der Waals surface area contributed by atoms with Crippen LogP contribution in [0.1, 0.15) is 10.4 Å². The monoisotopic (exact) mass is 224 g/mol. The van der Waals surface area contributed by atoms with Crippen LogP contribution in [0.2, 0.25) is 0 Å². The zero-order valence-corrected chi connectivity index (χ0v) is 9.27. The third kappa shape index (κ3) is 1.49. The van der Waals surface area contributed by atoms with Crippen LogP contribution in [0.3, 0.4) is 0 Å². The predicted octanol–water partition coefficient (Wildman–Crippen LogP) is 1.25. The van der Waals surface area contributed by atoms with Gasteiger partial charge in [-0.15, -0.1) is 0 Å². The van der Waals surface area contributed by atoms with Gasteiger partial charge >= 0.3 is 0 Å². The molecule has 5 nitrogen and oxygen atoms in total. The lowest BCUT2D eigenvalue weighted by atomic mass is 10.1. The van der Waals surface area contributed by atoms with E-state index in [-0.39, 0.29) is 5.78 Å². The number of rotatable bonds is 3. The highest BCUT2D eigenvalue weighted by molar-refractivity contribution is 6.06. The minimum atomic E-state index is -0.893. The zero-order valence-electron chi connectivity index (χ0n) is 9.27. The Morgan fingerprint density at radius 1 is 1.19 bits per heavy atom. The standard InChI is InChI=1S/C11H12O5/c1-13-6-4-7(14-2)9-8(5-6)16-11(15-3)10(9)12/h4-5,11H,1-3H3. The molecule has 5 heteroatoms. The predicted molar refractivity (Wildman–Crippen MR) is 55.3 cm³/mol. The molecule has 1 aromatic carbocycles. The van der Waals surface area contributed by atoms with E-state index in [1.54, 1.807) is 12.1 Å². The number of ketones is 1. The fourth-order valence-electron chi connectivity index (χ4n) is 1.62. The number of hydrogen-bond donors (Lipinski definition) is 0. The highest BCUT2D eigenvalue weighted by Gasteiger charge is 2.36. The van der Waals surface area contributed by atoms with Gasteiger partial charge in [-0.25, -0.2) is 0 Å². The van der Waals surface area contributed by atoms with Crippen molar-refractivity contribution in [1.29, 1.82) is 0 Å². The molecule has 1 heterocycles. The Bertz CT molecular complexity index is 427. The molecule has 0 fully saturated rings. The number of benzene rings is 1. The van der Waals surface area contributed by atoms with E-state index in [4.69, 9.17) is 18.9 Å². The number of fused-ring (bicyclic) bond motifs is 1. The Kier molecular flexibility index (Phi) is 2.70. The van der Waals surface area contributed by atoms with Crippen molar-refractivity contribution in [2.24, 2.45) is 0 Å². The Balaban J connectivity index is 2.51. The Labute approximate surface area is 92.9 Å². The lowest BCUT2D eigenvalue weighted by molar-refractivity contribution is -0.0215. The molecular formula is C11H12O5. The van der Waals surface area contributed by atoms with Gasteiger partial charge in [-0.2, -0.15) is 0 Å². The summed E-state index contributed by atoms with van der Waals surface area (Å²) in [7, 11) is 4.44. The number of carbonyl (C=O) groups excluding carboxylic acids is 1. The Morgan fingerprint density at radius 3 is 2.50 bits per heavy atom. The molecule has 0 aromatic heterocycles. The van der Waals surface area contributed by atoms with Crippen LogP contribution in [0.25, 0.3) is 0 Å². The number of carbonyl (C=O) groups is 1. The first-order valence-corrected chi connectivity index (χ1v) is 4.71. The summed E-state index contributed by atoms with van der Waals surface area (Å²) in [5.74, 6) is 1.18. The molecule has 86 valence electrons. The molecule has 2 rings (SSSR count). The summed E-state index contributed by atoms with van der Waals surface area (Å²) >= 11 is 0. The summed E-state index contributed by atoms with van der Waals surface area (Å²) in [6.07, 6.45) is -0.893. The van der Waals surface area contributed by atoms with Crippen LogP contribution in [0.4, 0.5) is 0 Å². The molecule has 0 aliphatic carbocycles. The summed E-state index contributed by atoms with van der Waals surface area (Å²) < 4.78 is 20.4. The molecule has 1 unspecified atom stereocenters. The Hall–Kier alpha value is -1.75. The van der Waals surface area contributed by atoms with Crippen molar-refractivity contribution >= 4 is 5.78 Å². The minimum Gasteiger partial charge on any atom is -0.496 e. The summed E-state index contributed by atoms with van der Waals surface area (Å²) in [4.78, 5) is 11.8. The lowest BCUT2D eigenvalue weighted by Gasteiger charge is -2.07. The average molecular weight is 224 g/mol. The van der Waals surface area contributed by atoms with Crippen molar-refractivity contribution in [1.82, 2.24) is 0 Å². The molecule has 1 atom stereocenters. The van der Waals surface area contributed by atoms with Gasteiger partial charge in [0.2, 0.25) is 5.78 Å². The number of methoxy groups -OCH3 is 3. The molecule has 0 saturated carbocycles. The molecule has 0 saturated heterocycles. The van der Waals surface area contributed by atoms with Gasteiger partial charge in [-0.3, -0.25) is 4.79 Å². The first-order valence-electron chi connectivity index (χ1n) is 4.71. The first-order chi connectivity index (χ1) is 7.71. The SMILES string of the molecule is COc1cc(OC)c2c(c1)OC(OC)C2=O. The van der Waals surface area contributed by atoms with E-state index >= 15 is 0 Å². The molecule has 0 spiro atoms. The minimum absolute atomic E-state index is 0.239. The second kappa shape index (κ2) is 4.02. The van der Waals surface area contributed by atoms with Crippen LogP contribution in [0.5, 0.6) is 17.2 Å². The van der Waals surface area contributed by atoms with Gasteiger partial charge in [-0.05, 0) is 0 Å². The van der Waals surface area contributed by atoms with Crippen LogP contribution < -0.4 is 14.2 Å². The molecule has 1 aliphatic heterocycles. The summed E-state index contributed by atoms with van der Waals surface area (Å²) in [5.41, 5.74) is 0.398. The fourth-order valence-corrected chi connectivity index (χ4v) is 1.62. The zero-order chi connectivity index (χ0) is 11.7. The van der Waals surface area contributed by atoms with Crippen LogP contribution in [-0.4, -0.2) is 33.4 Å². The van der Waals surface area contributed by atoms with Gasteiger partial charge in [0.1, 0.15) is 22.8 Å². The van der Waals surface area contributed by atoms with Crippen molar-refractivity contribution in [2.75, 3.05) is 21.3 Å². The lowest BCUT2D eigenvalue weighted by Crippen LogP contribution is -2.22. The van der Waals surface area contributed by atoms with E-state index in [0.717, 1.165) is 0 Å². The van der Waals surface area contributed by atoms with Crippen molar-refractivity contribution in [3.63, 3.8) is 0 Å². The highest BCUT2D eigenvalue weighted by atomic mass is 16.7. The molecule has 0 N–H and O–H groups in total. The molecule has 1 aromatic rings. The van der Waals surface area contributed by atoms with Crippen LogP contribution in [0, 0.1) is 0 Å². The van der Waals surface area contributed by atoms with Gasteiger partial charge in [-0.1, -0.05) is 0 Å². The van der Waals surface area contributed by atoms with Crippen molar-refractivity contribution < 1.29 is 23.7 Å². The highest BCUT2D eigenvalue weighted by Crippen LogP contribution is 2.39. The molecule has 0 amide bonds. The first kappa shape index (κ1) is 10.8. The smallest absolute Gasteiger partial charge is 0.264 e. The Morgan fingerprint density at radius 2 is 1.94 bits per heavy atom. The largest absolute Gasteiger partial charge is 0.496 e. The van der Waals surface area contributed by atoms with E-state index < -0.39 is 6.29 Å². The topological polar surface area (TPSA) is 54.0 Å². The second-order valence-corrected chi connectivity index (χ2v) is 3.25. The summed E-state index contributed by atoms with van der Waals surface area (Å²) in [5, 5.41) is 0. The van der Waals surface area contributed by atoms with E-state index in [1.807, 2.05) is 0 Å². The van der Waals surface area contributed by atoms with E-state index in [0.29, 0.717) is 22.8 Å². The van der Waals surface area contributed by atoms with Crippen molar-refractivity contribution in [2.45, 2.75) is 6.29 Å². The maximum atomic E-state index is 11.8.